The van der Waals surface area contributed by atoms with Crippen molar-refractivity contribution in [2.75, 3.05) is 6.54 Å². The third-order valence-corrected chi connectivity index (χ3v) is 4.44. The number of alkyl halides is 2. The predicted octanol–water partition coefficient (Wildman–Crippen LogP) is 4.49. The minimum atomic E-state index is -2.60. The zero-order chi connectivity index (χ0) is 16.8. The van der Waals surface area contributed by atoms with E-state index >= 15 is 0 Å². The van der Waals surface area contributed by atoms with Crippen LogP contribution in [0.4, 0.5) is 8.78 Å². The molecule has 2 unspecified atom stereocenters. The summed E-state index contributed by atoms with van der Waals surface area (Å²) >= 11 is 0. The lowest BCUT2D eigenvalue weighted by atomic mass is 9.83. The third-order valence-electron chi connectivity index (χ3n) is 4.44. The van der Waals surface area contributed by atoms with Crippen molar-refractivity contribution in [3.05, 3.63) is 11.8 Å². The highest BCUT2D eigenvalue weighted by atomic mass is 19.3. The van der Waals surface area contributed by atoms with Crippen molar-refractivity contribution in [3.8, 4) is 0 Å². The summed E-state index contributed by atoms with van der Waals surface area (Å²) in [6, 6.07) is 0. The SMILES string of the molecule is CCCCC(C1=CC(C(F)F)=NC2=NC=NN1C2)C(C)CCC. The lowest BCUT2D eigenvalue weighted by Gasteiger charge is -2.32. The van der Waals surface area contributed by atoms with Gasteiger partial charge in [0.1, 0.15) is 18.6 Å². The van der Waals surface area contributed by atoms with E-state index in [0.29, 0.717) is 18.3 Å². The number of aliphatic imine (C=N–C) groups is 2. The highest BCUT2D eigenvalue weighted by molar-refractivity contribution is 6.09. The predicted molar refractivity (Wildman–Crippen MR) is 91.2 cm³/mol. The number of amidine groups is 1. The van der Waals surface area contributed by atoms with Crippen LogP contribution in [0.5, 0.6) is 0 Å². The number of unbranched alkanes of at least 4 members (excludes halogenated alkanes) is 1. The minimum Gasteiger partial charge on any atom is -0.260 e. The molecule has 0 aromatic heterocycles. The first-order chi connectivity index (χ1) is 11.1. The summed E-state index contributed by atoms with van der Waals surface area (Å²) in [5, 5.41) is 6.09. The topological polar surface area (TPSA) is 40.3 Å². The number of halogens is 2. The number of hydrogen-bond acceptors (Lipinski definition) is 4. The van der Waals surface area contributed by atoms with Gasteiger partial charge >= 0.3 is 0 Å². The second-order valence-electron chi connectivity index (χ2n) is 6.26. The molecule has 2 aliphatic rings. The Bertz CT molecular complexity index is 523. The van der Waals surface area contributed by atoms with E-state index < -0.39 is 6.43 Å². The van der Waals surface area contributed by atoms with Crippen molar-refractivity contribution in [1.29, 1.82) is 0 Å². The second-order valence-corrected chi connectivity index (χ2v) is 6.26. The summed E-state index contributed by atoms with van der Waals surface area (Å²) in [5.74, 6) is 1.04. The third kappa shape index (κ3) is 4.45. The van der Waals surface area contributed by atoms with Crippen molar-refractivity contribution in [2.45, 2.75) is 59.3 Å². The molecule has 0 saturated carbocycles. The molecule has 23 heavy (non-hydrogen) atoms. The summed E-state index contributed by atoms with van der Waals surface area (Å²) in [4.78, 5) is 8.03. The maximum atomic E-state index is 13.3. The van der Waals surface area contributed by atoms with E-state index in [-0.39, 0.29) is 11.6 Å². The van der Waals surface area contributed by atoms with Gasteiger partial charge in [-0.15, -0.1) is 0 Å². The Morgan fingerprint density at radius 2 is 2.00 bits per heavy atom. The summed E-state index contributed by atoms with van der Waals surface area (Å²) < 4.78 is 26.6. The molecular weight excluding hydrogens is 298 g/mol. The first-order valence-corrected chi connectivity index (χ1v) is 8.51. The van der Waals surface area contributed by atoms with Gasteiger partial charge in [-0.05, 0) is 18.4 Å². The van der Waals surface area contributed by atoms with Gasteiger partial charge in [-0.1, -0.05) is 46.5 Å². The second kappa shape index (κ2) is 8.31. The molecule has 2 heterocycles. The Hall–Kier alpha value is -1.59. The molecule has 0 amide bonds. The zero-order valence-corrected chi connectivity index (χ0v) is 14.2. The van der Waals surface area contributed by atoms with Gasteiger partial charge in [0.25, 0.3) is 6.43 Å². The van der Waals surface area contributed by atoms with Gasteiger partial charge in [0.15, 0.2) is 5.84 Å². The fourth-order valence-corrected chi connectivity index (χ4v) is 3.21. The lowest BCUT2D eigenvalue weighted by Crippen LogP contribution is -2.31. The molecule has 0 N–H and O–H groups in total. The first kappa shape index (κ1) is 17.8. The molecule has 0 saturated heterocycles. The highest BCUT2D eigenvalue weighted by Crippen LogP contribution is 2.33. The number of nitrogens with zero attached hydrogens (tertiary/aromatic N) is 4. The molecule has 0 radical (unpaired) electrons. The van der Waals surface area contributed by atoms with E-state index in [4.69, 9.17) is 0 Å². The van der Waals surface area contributed by atoms with Gasteiger partial charge < -0.3 is 0 Å². The molecule has 6 heteroatoms. The Morgan fingerprint density at radius 3 is 2.65 bits per heavy atom. The molecule has 128 valence electrons. The highest BCUT2D eigenvalue weighted by Gasteiger charge is 2.30. The normalized spacial score (nSPS) is 19.9. The maximum Gasteiger partial charge on any atom is 0.280 e. The van der Waals surface area contributed by atoms with Crippen molar-refractivity contribution in [3.63, 3.8) is 0 Å². The van der Waals surface area contributed by atoms with Gasteiger partial charge in [0.2, 0.25) is 0 Å². The van der Waals surface area contributed by atoms with E-state index in [1.165, 1.54) is 6.34 Å². The number of fused-ring (bicyclic) bond motifs is 2. The average Bonchev–Trinajstić information content (AvgIpc) is 2.65. The Morgan fingerprint density at radius 1 is 1.22 bits per heavy atom. The number of hydrogen-bond donors (Lipinski definition) is 0. The van der Waals surface area contributed by atoms with Crippen LogP contribution in [0.25, 0.3) is 0 Å². The molecule has 0 aromatic rings. The van der Waals surface area contributed by atoms with Crippen LogP contribution in [-0.4, -0.2) is 35.9 Å². The molecule has 2 atom stereocenters. The van der Waals surface area contributed by atoms with Gasteiger partial charge in [0, 0.05) is 11.6 Å². The molecule has 2 aliphatic heterocycles. The summed E-state index contributed by atoms with van der Waals surface area (Å²) in [6.45, 7) is 6.89. The number of allylic oxidation sites excluding steroid dienone is 2. The Kier molecular flexibility index (Phi) is 6.42. The van der Waals surface area contributed by atoms with Crippen LogP contribution < -0.4 is 0 Å². The minimum absolute atomic E-state index is 0.197. The first-order valence-electron chi connectivity index (χ1n) is 8.51. The number of hydrazone groups is 1. The lowest BCUT2D eigenvalue weighted by molar-refractivity contribution is 0.226. The van der Waals surface area contributed by atoms with Gasteiger partial charge in [-0.25, -0.2) is 18.8 Å². The largest absolute Gasteiger partial charge is 0.280 e. The van der Waals surface area contributed by atoms with Crippen LogP contribution in [0, 0.1) is 11.8 Å². The fourth-order valence-electron chi connectivity index (χ4n) is 3.21. The molecule has 2 rings (SSSR count). The standard InChI is InChI=1S/C17H26F2N4/c1-4-6-8-13(12(3)7-5-2)15-9-14(17(18)19)22-16-10-23(15)21-11-20-16/h9,11-13,17H,4-8,10H2,1-3H3. The van der Waals surface area contributed by atoms with Crippen LogP contribution >= 0.6 is 0 Å². The Balaban J connectivity index is 2.35. The van der Waals surface area contributed by atoms with Crippen LogP contribution in [0.1, 0.15) is 52.9 Å². The average molecular weight is 324 g/mol. The Labute approximate surface area is 137 Å². The smallest absolute Gasteiger partial charge is 0.260 e. The monoisotopic (exact) mass is 324 g/mol. The van der Waals surface area contributed by atoms with Gasteiger partial charge in [-0.2, -0.15) is 5.10 Å². The van der Waals surface area contributed by atoms with Crippen LogP contribution in [0.3, 0.4) is 0 Å². The quantitative estimate of drug-likeness (QED) is 0.648. The van der Waals surface area contributed by atoms with Crippen molar-refractivity contribution < 1.29 is 8.78 Å². The van der Waals surface area contributed by atoms with E-state index in [0.717, 1.165) is 37.8 Å². The molecule has 0 aromatic carbocycles. The van der Waals surface area contributed by atoms with Crippen LogP contribution in [0.15, 0.2) is 26.9 Å². The van der Waals surface area contributed by atoms with E-state index in [9.17, 15) is 8.78 Å². The number of rotatable bonds is 8. The molecule has 0 fully saturated rings. The van der Waals surface area contributed by atoms with Crippen LogP contribution in [-0.2, 0) is 0 Å². The molecule has 4 nitrogen and oxygen atoms in total. The van der Waals surface area contributed by atoms with E-state index in [1.807, 2.05) is 0 Å². The molecule has 0 spiro atoms. The zero-order valence-electron chi connectivity index (χ0n) is 14.2. The fraction of sp³-hybridized carbons (Fsp3) is 0.706. The summed E-state index contributed by atoms with van der Waals surface area (Å²) in [7, 11) is 0. The van der Waals surface area contributed by atoms with Crippen molar-refractivity contribution >= 4 is 17.9 Å². The molecule has 2 bridgehead atoms. The summed E-state index contributed by atoms with van der Waals surface area (Å²) in [6.07, 6.45) is 5.67. The van der Waals surface area contributed by atoms with Gasteiger partial charge in [-0.3, -0.25) is 5.01 Å². The van der Waals surface area contributed by atoms with E-state index in [1.54, 1.807) is 11.1 Å². The van der Waals surface area contributed by atoms with Crippen molar-refractivity contribution in [2.24, 2.45) is 26.9 Å². The molecule has 0 aliphatic carbocycles. The molecular formula is C17H26F2N4. The van der Waals surface area contributed by atoms with E-state index in [2.05, 4.69) is 35.9 Å². The van der Waals surface area contributed by atoms with Crippen molar-refractivity contribution in [1.82, 2.24) is 5.01 Å². The summed E-state index contributed by atoms with van der Waals surface area (Å²) in [5.41, 5.74) is 0.663. The maximum absolute atomic E-state index is 13.3. The van der Waals surface area contributed by atoms with Gasteiger partial charge in [0.05, 0.1) is 0 Å². The van der Waals surface area contributed by atoms with Crippen LogP contribution in [0.2, 0.25) is 0 Å².